The molecule has 0 saturated heterocycles. The number of carboxylic acid groups (broad SMARTS) is 1. The summed E-state index contributed by atoms with van der Waals surface area (Å²) in [5.41, 5.74) is 0.845. The molecule has 0 bridgehead atoms. The molecule has 2 atom stereocenters. The van der Waals surface area contributed by atoms with E-state index in [2.05, 4.69) is 5.32 Å². The van der Waals surface area contributed by atoms with Gasteiger partial charge in [0.15, 0.2) is 0 Å². The molecule has 0 radical (unpaired) electrons. The monoisotopic (exact) mass is 346 g/mol. The van der Waals surface area contributed by atoms with Gasteiger partial charge in [0.1, 0.15) is 12.1 Å². The molecule has 0 aliphatic heterocycles. The average Bonchev–Trinajstić information content (AvgIpc) is 3.13. The van der Waals surface area contributed by atoms with Gasteiger partial charge in [-0.1, -0.05) is 43.2 Å². The van der Waals surface area contributed by atoms with Crippen molar-refractivity contribution in [1.82, 2.24) is 10.2 Å². The summed E-state index contributed by atoms with van der Waals surface area (Å²) in [6.07, 6.45) is 4.02. The Morgan fingerprint density at radius 1 is 1.20 bits per heavy atom. The van der Waals surface area contributed by atoms with Gasteiger partial charge < -0.3 is 15.3 Å². The third-order valence-corrected chi connectivity index (χ3v) is 4.83. The lowest BCUT2D eigenvalue weighted by Crippen LogP contribution is -2.52. The molecular weight excluding hydrogens is 320 g/mol. The number of nitrogens with zero attached hydrogens (tertiary/aromatic N) is 1. The summed E-state index contributed by atoms with van der Waals surface area (Å²) >= 11 is 0. The number of carbonyl (C=O) groups excluding carboxylic acids is 2. The van der Waals surface area contributed by atoms with Crippen molar-refractivity contribution in [3.8, 4) is 0 Å². The summed E-state index contributed by atoms with van der Waals surface area (Å²) in [5.74, 6) is -1.59. The van der Waals surface area contributed by atoms with Gasteiger partial charge in [0.2, 0.25) is 11.8 Å². The van der Waals surface area contributed by atoms with E-state index in [1.165, 1.54) is 11.9 Å². The van der Waals surface area contributed by atoms with Gasteiger partial charge in [-0.15, -0.1) is 0 Å². The molecule has 1 aromatic carbocycles. The van der Waals surface area contributed by atoms with Crippen molar-refractivity contribution >= 4 is 17.8 Å². The lowest BCUT2D eigenvalue weighted by Gasteiger charge is -2.28. The van der Waals surface area contributed by atoms with E-state index in [1.54, 1.807) is 6.92 Å². The zero-order chi connectivity index (χ0) is 18.4. The first-order valence-electron chi connectivity index (χ1n) is 8.74. The number of likely N-dealkylation sites (N-methyl/N-ethyl adjacent to an activating group) is 1. The molecule has 2 rings (SSSR count). The predicted octanol–water partition coefficient (Wildman–Crippen LogP) is 1.84. The predicted molar refractivity (Wildman–Crippen MR) is 93.9 cm³/mol. The first-order valence-corrected chi connectivity index (χ1v) is 8.74. The van der Waals surface area contributed by atoms with Crippen molar-refractivity contribution in [2.45, 2.75) is 51.1 Å². The van der Waals surface area contributed by atoms with Crippen molar-refractivity contribution in [2.24, 2.45) is 5.92 Å². The third-order valence-electron chi connectivity index (χ3n) is 4.83. The van der Waals surface area contributed by atoms with Crippen LogP contribution in [0.1, 0.15) is 38.2 Å². The maximum atomic E-state index is 12.6. The van der Waals surface area contributed by atoms with Gasteiger partial charge in [0.25, 0.3) is 0 Å². The van der Waals surface area contributed by atoms with E-state index in [9.17, 15) is 19.5 Å². The molecule has 0 spiro atoms. The van der Waals surface area contributed by atoms with Crippen LogP contribution in [0.15, 0.2) is 30.3 Å². The van der Waals surface area contributed by atoms with Crippen LogP contribution >= 0.6 is 0 Å². The number of hydrogen-bond donors (Lipinski definition) is 2. The van der Waals surface area contributed by atoms with Gasteiger partial charge in [0.05, 0.1) is 0 Å². The fraction of sp³-hybridized carbons (Fsp3) is 0.526. The fourth-order valence-corrected chi connectivity index (χ4v) is 3.27. The minimum Gasteiger partial charge on any atom is -0.480 e. The van der Waals surface area contributed by atoms with Crippen LogP contribution in [-0.2, 0) is 20.8 Å². The van der Waals surface area contributed by atoms with E-state index >= 15 is 0 Å². The van der Waals surface area contributed by atoms with Crippen molar-refractivity contribution in [3.05, 3.63) is 35.9 Å². The molecule has 6 nitrogen and oxygen atoms in total. The summed E-state index contributed by atoms with van der Waals surface area (Å²) in [6.45, 7) is 1.60. The van der Waals surface area contributed by atoms with Crippen LogP contribution < -0.4 is 5.32 Å². The van der Waals surface area contributed by atoms with Crippen LogP contribution in [0.5, 0.6) is 0 Å². The van der Waals surface area contributed by atoms with Crippen molar-refractivity contribution in [3.63, 3.8) is 0 Å². The van der Waals surface area contributed by atoms with Crippen LogP contribution in [0.4, 0.5) is 0 Å². The van der Waals surface area contributed by atoms with Crippen LogP contribution in [0.25, 0.3) is 0 Å². The molecule has 0 heterocycles. The second kappa shape index (κ2) is 8.65. The lowest BCUT2D eigenvalue weighted by molar-refractivity contribution is -0.150. The number of benzene rings is 1. The van der Waals surface area contributed by atoms with Gasteiger partial charge in [0, 0.05) is 19.4 Å². The van der Waals surface area contributed by atoms with Crippen LogP contribution in [0.3, 0.4) is 0 Å². The standard InChI is InChI=1S/C19H26N2O4/c1-13(20-17(22)15-10-6-7-11-15)18(23)21(2)16(19(24)25)12-14-8-4-3-5-9-14/h3-5,8-9,13,15-16H,6-7,10-12H2,1-2H3,(H,20,22)(H,24,25). The molecule has 25 heavy (non-hydrogen) atoms. The second-order valence-electron chi connectivity index (χ2n) is 6.70. The van der Waals surface area contributed by atoms with Crippen LogP contribution in [0.2, 0.25) is 0 Å². The van der Waals surface area contributed by atoms with E-state index in [0.29, 0.717) is 0 Å². The normalized spacial score (nSPS) is 16.9. The number of amides is 2. The smallest absolute Gasteiger partial charge is 0.326 e. The number of carbonyl (C=O) groups is 3. The Labute approximate surface area is 148 Å². The summed E-state index contributed by atoms with van der Waals surface area (Å²) < 4.78 is 0. The molecule has 2 N–H and O–H groups in total. The average molecular weight is 346 g/mol. The van der Waals surface area contributed by atoms with E-state index in [0.717, 1.165) is 31.2 Å². The van der Waals surface area contributed by atoms with E-state index in [4.69, 9.17) is 0 Å². The molecular formula is C19H26N2O4. The Morgan fingerprint density at radius 3 is 2.36 bits per heavy atom. The minimum absolute atomic E-state index is 0.0276. The molecule has 1 aliphatic rings. The quantitative estimate of drug-likeness (QED) is 0.789. The Morgan fingerprint density at radius 2 is 1.80 bits per heavy atom. The number of hydrogen-bond acceptors (Lipinski definition) is 3. The highest BCUT2D eigenvalue weighted by Crippen LogP contribution is 2.24. The van der Waals surface area contributed by atoms with E-state index in [1.807, 2.05) is 30.3 Å². The Kier molecular flexibility index (Phi) is 6.56. The van der Waals surface area contributed by atoms with Crippen LogP contribution in [0, 0.1) is 5.92 Å². The largest absolute Gasteiger partial charge is 0.480 e. The van der Waals surface area contributed by atoms with Gasteiger partial charge in [-0.05, 0) is 25.3 Å². The highest BCUT2D eigenvalue weighted by atomic mass is 16.4. The highest BCUT2D eigenvalue weighted by molar-refractivity contribution is 5.90. The summed E-state index contributed by atoms with van der Waals surface area (Å²) in [6, 6.07) is 7.48. The maximum Gasteiger partial charge on any atom is 0.326 e. The number of nitrogens with one attached hydrogen (secondary N) is 1. The van der Waals surface area contributed by atoms with E-state index < -0.39 is 24.0 Å². The summed E-state index contributed by atoms with van der Waals surface area (Å²) in [5, 5.41) is 12.2. The summed E-state index contributed by atoms with van der Waals surface area (Å²) in [7, 11) is 1.47. The zero-order valence-corrected chi connectivity index (χ0v) is 14.8. The molecule has 1 saturated carbocycles. The van der Waals surface area contributed by atoms with Crippen molar-refractivity contribution < 1.29 is 19.5 Å². The Balaban J connectivity index is 1.99. The maximum absolute atomic E-state index is 12.6. The molecule has 2 unspecified atom stereocenters. The topological polar surface area (TPSA) is 86.7 Å². The molecule has 6 heteroatoms. The van der Waals surface area contributed by atoms with Gasteiger partial charge in [-0.2, -0.15) is 0 Å². The third kappa shape index (κ3) is 5.05. The SMILES string of the molecule is CC(NC(=O)C1CCCC1)C(=O)N(C)C(Cc1ccccc1)C(=O)O. The Hall–Kier alpha value is -2.37. The molecule has 136 valence electrons. The Bertz CT molecular complexity index is 611. The molecule has 2 amide bonds. The second-order valence-corrected chi connectivity index (χ2v) is 6.70. The highest BCUT2D eigenvalue weighted by Gasteiger charge is 2.31. The van der Waals surface area contributed by atoms with Gasteiger partial charge >= 0.3 is 5.97 Å². The molecule has 1 aliphatic carbocycles. The number of rotatable bonds is 7. The van der Waals surface area contributed by atoms with Crippen LogP contribution in [-0.4, -0.2) is 46.9 Å². The van der Waals surface area contributed by atoms with Crippen molar-refractivity contribution in [1.29, 1.82) is 0 Å². The zero-order valence-electron chi connectivity index (χ0n) is 14.8. The van der Waals surface area contributed by atoms with E-state index in [-0.39, 0.29) is 18.2 Å². The van der Waals surface area contributed by atoms with Gasteiger partial charge in [-0.25, -0.2) is 4.79 Å². The number of aliphatic carboxylic acids is 1. The number of carboxylic acids is 1. The molecule has 1 fully saturated rings. The molecule has 1 aromatic rings. The van der Waals surface area contributed by atoms with Crippen molar-refractivity contribution in [2.75, 3.05) is 7.05 Å². The molecule has 0 aromatic heterocycles. The lowest BCUT2D eigenvalue weighted by atomic mass is 10.0. The first-order chi connectivity index (χ1) is 11.9. The summed E-state index contributed by atoms with van der Waals surface area (Å²) in [4.78, 5) is 37.6. The first kappa shape index (κ1) is 19.0. The fourth-order valence-electron chi connectivity index (χ4n) is 3.27. The van der Waals surface area contributed by atoms with Gasteiger partial charge in [-0.3, -0.25) is 9.59 Å². The minimum atomic E-state index is -1.06.